The Hall–Kier alpha value is -0.280. The van der Waals surface area contributed by atoms with E-state index >= 15 is 0 Å². The zero-order chi connectivity index (χ0) is 14.8. The molecule has 0 aliphatic carbocycles. The zero-order valence-corrected chi connectivity index (χ0v) is 15.6. The largest absolute Gasteiger partial charge is 0.334 e. The molecule has 1 fully saturated rings. The predicted octanol–water partition coefficient (Wildman–Crippen LogP) is 3.68. The number of aromatic nitrogens is 2. The Bertz CT molecular complexity index is 609. The maximum absolute atomic E-state index is 5.47. The smallest absolute Gasteiger partial charge is 0.260 e. The molecule has 21 heavy (non-hydrogen) atoms. The van der Waals surface area contributed by atoms with Crippen molar-refractivity contribution in [2.45, 2.75) is 19.4 Å². The molecular weight excluding hydrogens is 420 g/mol. The van der Waals surface area contributed by atoms with Crippen LogP contribution in [-0.4, -0.2) is 41.2 Å². The minimum atomic E-state index is 0.227. The Kier molecular flexibility index (Phi) is 5.11. The number of hydrogen-bond donors (Lipinski definition) is 1. The van der Waals surface area contributed by atoms with E-state index in [2.05, 4.69) is 59.1 Å². The van der Waals surface area contributed by atoms with Crippen molar-refractivity contribution in [3.8, 4) is 11.5 Å². The molecule has 5 nitrogen and oxygen atoms in total. The van der Waals surface area contributed by atoms with Crippen molar-refractivity contribution in [2.24, 2.45) is 0 Å². The number of nitrogens with zero attached hydrogens (tertiary/aromatic N) is 3. The van der Waals surface area contributed by atoms with Gasteiger partial charge in [0.05, 0.1) is 19.2 Å². The first-order chi connectivity index (χ1) is 10.2. The van der Waals surface area contributed by atoms with Gasteiger partial charge < -0.3 is 9.84 Å². The summed E-state index contributed by atoms with van der Waals surface area (Å²) in [5.41, 5.74) is 0.945. The molecule has 0 aromatic carbocycles. The van der Waals surface area contributed by atoms with Crippen molar-refractivity contribution in [3.05, 3.63) is 19.5 Å². The van der Waals surface area contributed by atoms with E-state index in [0.717, 1.165) is 51.6 Å². The highest BCUT2D eigenvalue weighted by molar-refractivity contribution is 9.12. The Morgan fingerprint density at radius 3 is 2.81 bits per heavy atom. The molecule has 0 bridgehead atoms. The van der Waals surface area contributed by atoms with E-state index in [-0.39, 0.29) is 6.04 Å². The first kappa shape index (κ1) is 15.6. The number of hydrogen-bond acceptors (Lipinski definition) is 6. The summed E-state index contributed by atoms with van der Waals surface area (Å²) in [4.78, 5) is 7.04. The van der Waals surface area contributed by atoms with Crippen LogP contribution >= 0.6 is 43.2 Å². The van der Waals surface area contributed by atoms with E-state index < -0.39 is 0 Å². The van der Waals surface area contributed by atoms with Crippen molar-refractivity contribution < 1.29 is 4.52 Å². The van der Waals surface area contributed by atoms with Gasteiger partial charge in [0.15, 0.2) is 5.82 Å². The third kappa shape index (κ3) is 3.39. The van der Waals surface area contributed by atoms with E-state index in [0.29, 0.717) is 5.89 Å². The summed E-state index contributed by atoms with van der Waals surface area (Å²) >= 11 is 8.61. The van der Waals surface area contributed by atoms with Crippen molar-refractivity contribution in [2.75, 3.05) is 26.2 Å². The molecule has 3 rings (SSSR count). The molecule has 8 heteroatoms. The number of piperazine rings is 1. The van der Waals surface area contributed by atoms with Crippen molar-refractivity contribution in [1.82, 2.24) is 20.4 Å². The fourth-order valence-electron chi connectivity index (χ4n) is 2.56. The first-order valence-corrected chi connectivity index (χ1v) is 9.33. The number of thiophene rings is 1. The lowest BCUT2D eigenvalue weighted by Crippen LogP contribution is -2.45. The van der Waals surface area contributed by atoms with E-state index in [1.807, 2.05) is 6.07 Å². The molecule has 1 aliphatic rings. The maximum Gasteiger partial charge on any atom is 0.260 e. The zero-order valence-electron chi connectivity index (χ0n) is 11.6. The van der Waals surface area contributed by atoms with Crippen molar-refractivity contribution >= 4 is 43.2 Å². The standard InChI is InChI=1S/C13H16Br2N4OS/c1-2-9(19-5-3-16-4-6-19)12-17-13(20-18-12)8-7-10(14)21-11(8)15/h7,9,16H,2-6H2,1H3. The molecule has 1 unspecified atom stereocenters. The molecule has 1 saturated heterocycles. The summed E-state index contributed by atoms with van der Waals surface area (Å²) < 4.78 is 7.51. The molecule has 0 spiro atoms. The van der Waals surface area contributed by atoms with Crippen LogP contribution < -0.4 is 5.32 Å². The average Bonchev–Trinajstić information content (AvgIpc) is 3.08. The second kappa shape index (κ2) is 6.87. The quantitative estimate of drug-likeness (QED) is 0.793. The van der Waals surface area contributed by atoms with Crippen LogP contribution in [0.2, 0.25) is 0 Å². The Labute approximate surface area is 144 Å². The third-order valence-corrected chi connectivity index (χ3v) is 5.95. The van der Waals surface area contributed by atoms with Gasteiger partial charge in [0.1, 0.15) is 0 Å². The van der Waals surface area contributed by atoms with Gasteiger partial charge in [-0.2, -0.15) is 4.98 Å². The molecule has 2 aromatic heterocycles. The van der Waals surface area contributed by atoms with E-state index in [9.17, 15) is 0 Å². The lowest BCUT2D eigenvalue weighted by atomic mass is 10.1. The van der Waals surface area contributed by atoms with E-state index in [1.54, 1.807) is 11.3 Å². The Balaban J connectivity index is 1.84. The van der Waals surface area contributed by atoms with Crippen LogP contribution in [0.25, 0.3) is 11.5 Å². The second-order valence-electron chi connectivity index (χ2n) is 4.91. The Morgan fingerprint density at radius 2 is 2.19 bits per heavy atom. The molecule has 2 aromatic rings. The monoisotopic (exact) mass is 434 g/mol. The SMILES string of the molecule is CCC(c1noc(-c2cc(Br)sc2Br)n1)N1CCNCC1. The van der Waals surface area contributed by atoms with E-state index in [1.165, 1.54) is 0 Å². The van der Waals surface area contributed by atoms with Gasteiger partial charge in [-0.25, -0.2) is 0 Å². The summed E-state index contributed by atoms with van der Waals surface area (Å²) in [6.45, 7) is 6.25. The van der Waals surface area contributed by atoms with Gasteiger partial charge in [0.25, 0.3) is 5.89 Å². The van der Waals surface area contributed by atoms with Gasteiger partial charge in [0, 0.05) is 26.2 Å². The van der Waals surface area contributed by atoms with E-state index in [4.69, 9.17) is 4.52 Å². The van der Waals surface area contributed by atoms with Crippen LogP contribution in [0.4, 0.5) is 0 Å². The first-order valence-electron chi connectivity index (χ1n) is 6.92. The lowest BCUT2D eigenvalue weighted by molar-refractivity contribution is 0.160. The minimum Gasteiger partial charge on any atom is -0.334 e. The minimum absolute atomic E-state index is 0.227. The highest BCUT2D eigenvalue weighted by Crippen LogP contribution is 2.38. The normalized spacial score (nSPS) is 18.0. The summed E-state index contributed by atoms with van der Waals surface area (Å²) in [6.07, 6.45) is 0.980. The van der Waals surface area contributed by atoms with Crippen LogP contribution in [-0.2, 0) is 0 Å². The van der Waals surface area contributed by atoms with Crippen LogP contribution in [0, 0.1) is 0 Å². The third-order valence-electron chi connectivity index (χ3n) is 3.61. The van der Waals surface area contributed by atoms with Gasteiger partial charge in [-0.1, -0.05) is 12.1 Å². The van der Waals surface area contributed by atoms with Gasteiger partial charge >= 0.3 is 0 Å². The second-order valence-corrected chi connectivity index (χ2v) is 8.65. The fraction of sp³-hybridized carbons (Fsp3) is 0.538. The average molecular weight is 436 g/mol. The van der Waals surface area contributed by atoms with Crippen molar-refractivity contribution in [1.29, 1.82) is 0 Å². The van der Waals surface area contributed by atoms with Crippen LogP contribution in [0.3, 0.4) is 0 Å². The number of nitrogens with one attached hydrogen (secondary N) is 1. The maximum atomic E-state index is 5.47. The Morgan fingerprint density at radius 1 is 1.43 bits per heavy atom. The molecule has 0 amide bonds. The topological polar surface area (TPSA) is 54.2 Å². The predicted molar refractivity (Wildman–Crippen MR) is 90.5 cm³/mol. The van der Waals surface area contributed by atoms with Crippen LogP contribution in [0.15, 0.2) is 18.2 Å². The lowest BCUT2D eigenvalue weighted by Gasteiger charge is -2.32. The van der Waals surface area contributed by atoms with Crippen molar-refractivity contribution in [3.63, 3.8) is 0 Å². The van der Waals surface area contributed by atoms with Gasteiger partial charge in [-0.15, -0.1) is 11.3 Å². The summed E-state index contributed by atoms with van der Waals surface area (Å²) in [7, 11) is 0. The highest BCUT2D eigenvalue weighted by Gasteiger charge is 2.26. The van der Waals surface area contributed by atoms with Gasteiger partial charge in [0.2, 0.25) is 0 Å². The molecular formula is C13H16Br2N4OS. The van der Waals surface area contributed by atoms with Gasteiger partial charge in [-0.3, -0.25) is 4.90 Å². The molecule has 114 valence electrons. The molecule has 3 heterocycles. The molecule has 0 radical (unpaired) electrons. The van der Waals surface area contributed by atoms with Crippen LogP contribution in [0.5, 0.6) is 0 Å². The summed E-state index contributed by atoms with van der Waals surface area (Å²) in [5, 5.41) is 7.58. The molecule has 0 saturated carbocycles. The number of halogens is 2. The van der Waals surface area contributed by atoms with Gasteiger partial charge in [-0.05, 0) is 44.3 Å². The molecule has 1 atom stereocenters. The number of rotatable bonds is 4. The molecule has 1 N–H and O–H groups in total. The summed E-state index contributed by atoms with van der Waals surface area (Å²) in [5.74, 6) is 1.36. The fourth-order valence-corrected chi connectivity index (χ4v) is 5.34. The van der Waals surface area contributed by atoms with Crippen LogP contribution in [0.1, 0.15) is 25.2 Å². The summed E-state index contributed by atoms with van der Waals surface area (Å²) in [6, 6.07) is 2.23. The molecule has 1 aliphatic heterocycles. The highest BCUT2D eigenvalue weighted by atomic mass is 79.9.